The number of carbonyl (C=O) groups excluding carboxylic acids is 2. The average molecular weight is 309 g/mol. The van der Waals surface area contributed by atoms with Crippen molar-refractivity contribution in [2.24, 2.45) is 7.05 Å². The summed E-state index contributed by atoms with van der Waals surface area (Å²) in [5.74, 6) is -0.752. The van der Waals surface area contributed by atoms with Crippen LogP contribution in [-0.2, 0) is 16.6 Å². The molecule has 2 rings (SSSR count). The predicted octanol–water partition coefficient (Wildman–Crippen LogP) is 1.57. The van der Waals surface area contributed by atoms with Gasteiger partial charge in [0, 0.05) is 18.9 Å². The SMILES string of the molecule is Cc1c(C(=O)OCC(=O)Nc2ccc(Cl)cn2)cnn1C. The number of carbonyl (C=O) groups is 2. The molecule has 1 amide bonds. The van der Waals surface area contributed by atoms with Crippen molar-refractivity contribution in [3.8, 4) is 0 Å². The Morgan fingerprint density at radius 1 is 1.38 bits per heavy atom. The molecule has 2 heterocycles. The van der Waals surface area contributed by atoms with E-state index in [-0.39, 0.29) is 0 Å². The maximum absolute atomic E-state index is 11.8. The lowest BCUT2D eigenvalue weighted by atomic mass is 10.3. The number of anilines is 1. The Balaban J connectivity index is 1.88. The average Bonchev–Trinajstić information content (AvgIpc) is 2.79. The highest BCUT2D eigenvalue weighted by Gasteiger charge is 2.15. The van der Waals surface area contributed by atoms with Crippen LogP contribution < -0.4 is 5.32 Å². The van der Waals surface area contributed by atoms with Gasteiger partial charge in [-0.1, -0.05) is 11.6 Å². The fourth-order valence-electron chi connectivity index (χ4n) is 1.54. The van der Waals surface area contributed by atoms with Gasteiger partial charge in [-0.2, -0.15) is 5.10 Å². The summed E-state index contributed by atoms with van der Waals surface area (Å²) in [5.41, 5.74) is 0.995. The van der Waals surface area contributed by atoms with E-state index in [4.69, 9.17) is 16.3 Å². The molecule has 2 aromatic heterocycles. The highest BCUT2D eigenvalue weighted by Crippen LogP contribution is 2.10. The zero-order valence-corrected chi connectivity index (χ0v) is 12.2. The van der Waals surface area contributed by atoms with Crippen molar-refractivity contribution in [3.63, 3.8) is 0 Å². The van der Waals surface area contributed by atoms with Gasteiger partial charge in [0.2, 0.25) is 0 Å². The van der Waals surface area contributed by atoms with Crippen LogP contribution in [0.1, 0.15) is 16.1 Å². The summed E-state index contributed by atoms with van der Waals surface area (Å²) < 4.78 is 6.47. The zero-order valence-electron chi connectivity index (χ0n) is 11.5. The van der Waals surface area contributed by atoms with Crippen molar-refractivity contribution in [2.45, 2.75) is 6.92 Å². The number of hydrogen-bond donors (Lipinski definition) is 1. The normalized spacial score (nSPS) is 10.2. The van der Waals surface area contributed by atoms with Crippen molar-refractivity contribution < 1.29 is 14.3 Å². The molecule has 0 aliphatic carbocycles. The molecule has 8 heteroatoms. The van der Waals surface area contributed by atoms with Crippen LogP contribution in [0.15, 0.2) is 24.5 Å². The topological polar surface area (TPSA) is 86.1 Å². The first-order valence-electron chi connectivity index (χ1n) is 6.04. The number of aromatic nitrogens is 3. The lowest BCUT2D eigenvalue weighted by molar-refractivity contribution is -0.119. The molecule has 7 nitrogen and oxygen atoms in total. The van der Waals surface area contributed by atoms with Crippen molar-refractivity contribution >= 4 is 29.3 Å². The van der Waals surface area contributed by atoms with Crippen molar-refractivity contribution in [1.82, 2.24) is 14.8 Å². The second-order valence-corrected chi connectivity index (χ2v) is 4.69. The lowest BCUT2D eigenvalue weighted by Gasteiger charge is -2.05. The van der Waals surface area contributed by atoms with Gasteiger partial charge in [-0.25, -0.2) is 9.78 Å². The number of amides is 1. The van der Waals surface area contributed by atoms with Crippen LogP contribution >= 0.6 is 11.6 Å². The van der Waals surface area contributed by atoms with Gasteiger partial charge in [0.15, 0.2) is 6.61 Å². The highest BCUT2D eigenvalue weighted by atomic mass is 35.5. The minimum atomic E-state index is -0.597. The Hall–Kier alpha value is -2.41. The minimum absolute atomic E-state index is 0.329. The second kappa shape index (κ2) is 6.36. The molecule has 0 bridgehead atoms. The first-order valence-corrected chi connectivity index (χ1v) is 6.42. The molecule has 110 valence electrons. The molecule has 0 aliphatic rings. The molecule has 0 fully saturated rings. The summed E-state index contributed by atoms with van der Waals surface area (Å²) in [6, 6.07) is 3.14. The first-order chi connectivity index (χ1) is 9.97. The van der Waals surface area contributed by atoms with Crippen molar-refractivity contribution in [2.75, 3.05) is 11.9 Å². The van der Waals surface area contributed by atoms with E-state index in [0.29, 0.717) is 22.1 Å². The van der Waals surface area contributed by atoms with E-state index in [0.717, 1.165) is 0 Å². The number of esters is 1. The standard InChI is InChI=1S/C13H13ClN4O3/c1-8-10(6-16-18(8)2)13(20)21-7-12(19)17-11-4-3-9(14)5-15-11/h3-6H,7H2,1-2H3,(H,15,17,19). The number of nitrogens with one attached hydrogen (secondary N) is 1. The molecule has 21 heavy (non-hydrogen) atoms. The van der Waals surface area contributed by atoms with Gasteiger partial charge in [-0.15, -0.1) is 0 Å². The summed E-state index contributed by atoms with van der Waals surface area (Å²) in [4.78, 5) is 27.3. The summed E-state index contributed by atoms with van der Waals surface area (Å²) in [6.45, 7) is 1.33. The third-order valence-electron chi connectivity index (χ3n) is 2.78. The van der Waals surface area contributed by atoms with Gasteiger partial charge in [0.25, 0.3) is 5.91 Å². The molecule has 0 saturated heterocycles. The molecule has 2 aromatic rings. The van der Waals surface area contributed by atoms with Crippen LogP contribution in [0.25, 0.3) is 0 Å². The number of pyridine rings is 1. The molecule has 0 radical (unpaired) electrons. The molecule has 0 atom stereocenters. The molecule has 0 aromatic carbocycles. The molecule has 0 spiro atoms. The largest absolute Gasteiger partial charge is 0.452 e. The van der Waals surface area contributed by atoms with Gasteiger partial charge in [0.1, 0.15) is 11.4 Å². The van der Waals surface area contributed by atoms with E-state index in [1.165, 1.54) is 12.4 Å². The fourth-order valence-corrected chi connectivity index (χ4v) is 1.65. The zero-order chi connectivity index (χ0) is 15.4. The van der Waals surface area contributed by atoms with E-state index < -0.39 is 18.5 Å². The number of halogens is 1. The van der Waals surface area contributed by atoms with Gasteiger partial charge in [-0.3, -0.25) is 9.48 Å². The molecule has 0 saturated carbocycles. The van der Waals surface area contributed by atoms with Crippen LogP contribution in [0, 0.1) is 6.92 Å². The van der Waals surface area contributed by atoms with Crippen molar-refractivity contribution in [1.29, 1.82) is 0 Å². The first kappa shape index (κ1) is 15.0. The number of aryl methyl sites for hydroxylation is 1. The van der Waals surface area contributed by atoms with Gasteiger partial charge in [-0.05, 0) is 19.1 Å². The molecule has 0 unspecified atom stereocenters. The number of hydrogen-bond acceptors (Lipinski definition) is 5. The Kier molecular flexibility index (Phi) is 4.54. The summed E-state index contributed by atoms with van der Waals surface area (Å²) >= 11 is 5.68. The third-order valence-corrected chi connectivity index (χ3v) is 3.01. The number of nitrogens with zero attached hydrogens (tertiary/aromatic N) is 3. The van der Waals surface area contributed by atoms with Crippen LogP contribution in [-0.4, -0.2) is 33.2 Å². The van der Waals surface area contributed by atoms with E-state index in [1.807, 2.05) is 0 Å². The quantitative estimate of drug-likeness (QED) is 0.866. The lowest BCUT2D eigenvalue weighted by Crippen LogP contribution is -2.21. The van der Waals surface area contributed by atoms with E-state index in [9.17, 15) is 9.59 Å². The highest BCUT2D eigenvalue weighted by molar-refractivity contribution is 6.30. The van der Waals surface area contributed by atoms with Crippen LogP contribution in [0.3, 0.4) is 0 Å². The smallest absolute Gasteiger partial charge is 0.342 e. The van der Waals surface area contributed by atoms with Crippen LogP contribution in [0.5, 0.6) is 0 Å². The Labute approximate surface area is 125 Å². The Bertz CT molecular complexity index is 667. The second-order valence-electron chi connectivity index (χ2n) is 4.25. The van der Waals surface area contributed by atoms with Crippen molar-refractivity contribution in [3.05, 3.63) is 40.8 Å². The van der Waals surface area contributed by atoms with Crippen LogP contribution in [0.2, 0.25) is 5.02 Å². The fraction of sp³-hybridized carbons (Fsp3) is 0.231. The third kappa shape index (κ3) is 3.79. The van der Waals surface area contributed by atoms with E-state index in [2.05, 4.69) is 15.4 Å². The van der Waals surface area contributed by atoms with E-state index >= 15 is 0 Å². The van der Waals surface area contributed by atoms with Gasteiger partial charge in [0.05, 0.1) is 11.2 Å². The summed E-state index contributed by atoms with van der Waals surface area (Å²) in [5, 5.41) is 6.89. The molecular formula is C13H13ClN4O3. The monoisotopic (exact) mass is 308 g/mol. The molecule has 0 aliphatic heterocycles. The maximum Gasteiger partial charge on any atom is 0.342 e. The van der Waals surface area contributed by atoms with Gasteiger partial charge >= 0.3 is 5.97 Å². The maximum atomic E-state index is 11.8. The predicted molar refractivity (Wildman–Crippen MR) is 76.1 cm³/mol. The summed E-state index contributed by atoms with van der Waals surface area (Å²) in [7, 11) is 1.71. The van der Waals surface area contributed by atoms with Gasteiger partial charge < -0.3 is 10.1 Å². The summed E-state index contributed by atoms with van der Waals surface area (Å²) in [6.07, 6.45) is 2.80. The number of rotatable bonds is 4. The molecular weight excluding hydrogens is 296 g/mol. The Morgan fingerprint density at radius 2 is 2.14 bits per heavy atom. The number of ether oxygens (including phenoxy) is 1. The molecule has 1 N–H and O–H groups in total. The van der Waals surface area contributed by atoms with Crippen LogP contribution in [0.4, 0.5) is 5.82 Å². The Morgan fingerprint density at radius 3 is 2.71 bits per heavy atom. The minimum Gasteiger partial charge on any atom is -0.452 e. The van der Waals surface area contributed by atoms with E-state index in [1.54, 1.807) is 30.8 Å².